The third kappa shape index (κ3) is 4.59. The lowest BCUT2D eigenvalue weighted by molar-refractivity contribution is -0.136. The minimum Gasteiger partial charge on any atom is -0.466 e. The highest BCUT2D eigenvalue weighted by atomic mass is 32.1. The second kappa shape index (κ2) is 7.19. The Kier molecular flexibility index (Phi) is 5.82. The Balaban J connectivity index is 2.14. The molecule has 0 aliphatic heterocycles. The van der Waals surface area contributed by atoms with Crippen molar-refractivity contribution in [1.82, 2.24) is 5.32 Å². The number of esters is 1. The van der Waals surface area contributed by atoms with Crippen molar-refractivity contribution >= 4 is 17.3 Å². The monoisotopic (exact) mass is 239 g/mol. The summed E-state index contributed by atoms with van der Waals surface area (Å²) in [6, 6.07) is 4.18. The van der Waals surface area contributed by atoms with Crippen molar-refractivity contribution in [3.05, 3.63) is 34.0 Å². The Morgan fingerprint density at radius 3 is 3.06 bits per heavy atom. The van der Waals surface area contributed by atoms with Gasteiger partial charge in [0.1, 0.15) is 0 Å². The van der Waals surface area contributed by atoms with Gasteiger partial charge in [-0.2, -0.15) is 0 Å². The maximum Gasteiger partial charge on any atom is 0.333 e. The molecule has 16 heavy (non-hydrogen) atoms. The number of methoxy groups -OCH3 is 1. The molecule has 1 heterocycles. The molecule has 0 aliphatic carbocycles. The Morgan fingerprint density at radius 1 is 1.62 bits per heavy atom. The van der Waals surface area contributed by atoms with Gasteiger partial charge >= 0.3 is 5.97 Å². The Hall–Kier alpha value is -1.13. The van der Waals surface area contributed by atoms with Crippen LogP contribution in [0.2, 0.25) is 0 Å². The van der Waals surface area contributed by atoms with Crippen LogP contribution in [0.15, 0.2) is 29.2 Å². The highest BCUT2D eigenvalue weighted by molar-refractivity contribution is 7.09. The zero-order valence-electron chi connectivity index (χ0n) is 9.66. The van der Waals surface area contributed by atoms with Crippen LogP contribution in [0.1, 0.15) is 11.8 Å². The predicted octanol–water partition coefficient (Wildman–Crippen LogP) is 2.00. The van der Waals surface area contributed by atoms with Crippen molar-refractivity contribution in [3.63, 3.8) is 0 Å². The van der Waals surface area contributed by atoms with E-state index in [4.69, 9.17) is 0 Å². The Morgan fingerprint density at radius 2 is 2.44 bits per heavy atom. The van der Waals surface area contributed by atoms with E-state index >= 15 is 0 Å². The minimum absolute atomic E-state index is 0.264. The molecular formula is C12H17NO2S. The van der Waals surface area contributed by atoms with Crippen molar-refractivity contribution in [2.75, 3.05) is 20.2 Å². The van der Waals surface area contributed by atoms with Gasteiger partial charge in [0.2, 0.25) is 0 Å². The molecule has 0 aliphatic rings. The van der Waals surface area contributed by atoms with Gasteiger partial charge in [-0.1, -0.05) is 12.1 Å². The first-order valence-corrected chi connectivity index (χ1v) is 6.10. The van der Waals surface area contributed by atoms with Crippen molar-refractivity contribution in [3.8, 4) is 0 Å². The van der Waals surface area contributed by atoms with Crippen LogP contribution in [0.5, 0.6) is 0 Å². The zero-order chi connectivity index (χ0) is 11.8. The topological polar surface area (TPSA) is 38.3 Å². The van der Waals surface area contributed by atoms with Gasteiger partial charge in [-0.05, 0) is 24.8 Å². The first kappa shape index (κ1) is 12.9. The van der Waals surface area contributed by atoms with Gasteiger partial charge in [0.05, 0.1) is 7.11 Å². The maximum absolute atomic E-state index is 11.0. The lowest BCUT2D eigenvalue weighted by atomic mass is 10.3. The molecule has 0 atom stereocenters. The van der Waals surface area contributed by atoms with Gasteiger partial charge in [-0.15, -0.1) is 11.3 Å². The molecule has 3 nitrogen and oxygen atoms in total. The number of thiophene rings is 1. The molecule has 1 aromatic rings. The lowest BCUT2D eigenvalue weighted by Gasteiger charge is -2.01. The summed E-state index contributed by atoms with van der Waals surface area (Å²) < 4.78 is 4.59. The van der Waals surface area contributed by atoms with E-state index in [1.165, 1.54) is 12.0 Å². The average molecular weight is 239 g/mol. The minimum atomic E-state index is -0.264. The number of carbonyl (C=O) groups excluding carboxylic acids is 1. The normalized spacial score (nSPS) is 11.5. The van der Waals surface area contributed by atoms with E-state index in [9.17, 15) is 4.79 Å². The molecular weight excluding hydrogens is 222 g/mol. The molecule has 0 spiro atoms. The summed E-state index contributed by atoms with van der Waals surface area (Å²) in [7, 11) is 1.39. The molecule has 0 aromatic carbocycles. The third-order valence-corrected chi connectivity index (χ3v) is 3.12. The molecule has 0 saturated heterocycles. The molecule has 0 saturated carbocycles. The van der Waals surface area contributed by atoms with Gasteiger partial charge < -0.3 is 10.1 Å². The summed E-state index contributed by atoms with van der Waals surface area (Å²) in [5, 5.41) is 5.34. The molecule has 0 unspecified atom stereocenters. The van der Waals surface area contributed by atoms with E-state index in [1.54, 1.807) is 18.3 Å². The van der Waals surface area contributed by atoms with Crippen LogP contribution in [-0.2, 0) is 16.0 Å². The van der Waals surface area contributed by atoms with E-state index in [0.717, 1.165) is 13.0 Å². The number of nitrogens with one attached hydrogen (secondary N) is 1. The van der Waals surface area contributed by atoms with Crippen LogP contribution in [0.4, 0.5) is 0 Å². The maximum atomic E-state index is 11.0. The lowest BCUT2D eigenvalue weighted by Crippen LogP contribution is -2.17. The Bertz CT molecular complexity index is 344. The van der Waals surface area contributed by atoms with Gasteiger partial charge in [0.15, 0.2) is 0 Å². The van der Waals surface area contributed by atoms with Crippen LogP contribution in [0.25, 0.3) is 0 Å². The first-order valence-electron chi connectivity index (χ1n) is 5.22. The highest BCUT2D eigenvalue weighted by Gasteiger charge is 2.00. The van der Waals surface area contributed by atoms with Crippen molar-refractivity contribution in [1.29, 1.82) is 0 Å². The van der Waals surface area contributed by atoms with E-state index < -0.39 is 0 Å². The fraction of sp³-hybridized carbons (Fsp3) is 0.417. The van der Waals surface area contributed by atoms with Gasteiger partial charge in [0.25, 0.3) is 0 Å². The van der Waals surface area contributed by atoms with Gasteiger partial charge in [0, 0.05) is 23.5 Å². The van der Waals surface area contributed by atoms with E-state index in [-0.39, 0.29) is 5.97 Å². The van der Waals surface area contributed by atoms with Crippen LogP contribution < -0.4 is 5.32 Å². The molecule has 0 amide bonds. The van der Waals surface area contributed by atoms with Crippen molar-refractivity contribution in [2.24, 2.45) is 0 Å². The number of carbonyl (C=O) groups is 1. The van der Waals surface area contributed by atoms with Crippen LogP contribution in [0.3, 0.4) is 0 Å². The molecule has 0 radical (unpaired) electrons. The first-order chi connectivity index (χ1) is 7.74. The van der Waals surface area contributed by atoms with E-state index in [0.29, 0.717) is 12.1 Å². The quantitative estimate of drug-likeness (QED) is 0.469. The SMILES string of the molecule is COC(=O)/C(C)=C/CNCCc1cccs1. The van der Waals surface area contributed by atoms with Gasteiger partial charge in [-0.3, -0.25) is 0 Å². The van der Waals surface area contributed by atoms with Crippen LogP contribution in [-0.4, -0.2) is 26.2 Å². The van der Waals surface area contributed by atoms with Crippen molar-refractivity contribution in [2.45, 2.75) is 13.3 Å². The summed E-state index contributed by atoms with van der Waals surface area (Å²) >= 11 is 1.77. The fourth-order valence-corrected chi connectivity index (χ4v) is 1.95. The highest BCUT2D eigenvalue weighted by Crippen LogP contribution is 2.07. The summed E-state index contributed by atoms with van der Waals surface area (Å²) in [6.45, 7) is 3.38. The summed E-state index contributed by atoms with van der Waals surface area (Å²) in [6.07, 6.45) is 2.88. The molecule has 1 N–H and O–H groups in total. The zero-order valence-corrected chi connectivity index (χ0v) is 10.5. The molecule has 4 heteroatoms. The second-order valence-electron chi connectivity index (χ2n) is 3.41. The Labute approximate surface area is 100 Å². The smallest absolute Gasteiger partial charge is 0.333 e. The molecule has 1 aromatic heterocycles. The number of hydrogen-bond acceptors (Lipinski definition) is 4. The van der Waals surface area contributed by atoms with Gasteiger partial charge in [-0.25, -0.2) is 4.79 Å². The number of rotatable bonds is 6. The van der Waals surface area contributed by atoms with Crippen molar-refractivity contribution < 1.29 is 9.53 Å². The largest absolute Gasteiger partial charge is 0.466 e. The number of hydrogen-bond donors (Lipinski definition) is 1. The standard InChI is InChI=1S/C12H17NO2S/c1-10(12(14)15-2)5-7-13-8-6-11-4-3-9-16-11/h3-5,9,13H,6-8H2,1-2H3/b10-5+. The number of ether oxygens (including phenoxy) is 1. The predicted molar refractivity (Wildman–Crippen MR) is 66.7 cm³/mol. The average Bonchev–Trinajstić information content (AvgIpc) is 2.80. The van der Waals surface area contributed by atoms with E-state index in [2.05, 4.69) is 27.6 Å². The van der Waals surface area contributed by atoms with E-state index in [1.807, 2.05) is 6.08 Å². The second-order valence-corrected chi connectivity index (χ2v) is 4.44. The third-order valence-electron chi connectivity index (χ3n) is 2.19. The van der Waals surface area contributed by atoms with Crippen LogP contribution in [0, 0.1) is 0 Å². The summed E-state index contributed by atoms with van der Waals surface area (Å²) in [4.78, 5) is 12.4. The molecule has 1 rings (SSSR count). The molecule has 0 bridgehead atoms. The fourth-order valence-electron chi connectivity index (χ4n) is 1.24. The van der Waals surface area contributed by atoms with Crippen LogP contribution >= 0.6 is 11.3 Å². The summed E-state index contributed by atoms with van der Waals surface area (Å²) in [5.74, 6) is -0.264. The molecule has 0 fully saturated rings. The summed E-state index contributed by atoms with van der Waals surface area (Å²) in [5.41, 5.74) is 0.645. The molecule has 88 valence electrons.